The number of benzene rings is 1. The van der Waals surface area contributed by atoms with E-state index >= 15 is 0 Å². The van der Waals surface area contributed by atoms with E-state index in [1.165, 1.54) is 6.07 Å². The second-order valence-corrected chi connectivity index (χ2v) is 10.2. The van der Waals surface area contributed by atoms with Crippen LogP contribution in [0.15, 0.2) is 18.2 Å². The Morgan fingerprint density at radius 1 is 1.19 bits per heavy atom. The third-order valence-electron chi connectivity index (χ3n) is 6.51. The van der Waals surface area contributed by atoms with Crippen molar-refractivity contribution in [2.45, 2.75) is 77.0 Å². The smallest absolute Gasteiger partial charge is 0.407 e. The Hall–Kier alpha value is -2.02. The summed E-state index contributed by atoms with van der Waals surface area (Å²) in [6.07, 6.45) is 5.99. The number of alkyl carbamates (subject to hydrolysis) is 1. The van der Waals surface area contributed by atoms with E-state index in [2.05, 4.69) is 22.2 Å². The number of amides is 1. The molecule has 0 aromatic heterocycles. The highest BCUT2D eigenvalue weighted by molar-refractivity contribution is 5.68. The molecule has 2 aliphatic rings. The predicted octanol–water partition coefficient (Wildman–Crippen LogP) is 4.39. The van der Waals surface area contributed by atoms with Gasteiger partial charge in [-0.15, -0.1) is 0 Å². The van der Waals surface area contributed by atoms with Crippen molar-refractivity contribution >= 4 is 17.5 Å². The molecule has 0 unspecified atom stereocenters. The average molecular weight is 435 g/mol. The molecule has 1 saturated carbocycles. The molecule has 0 spiro atoms. The molecule has 3 rings (SSSR count). The second-order valence-electron chi connectivity index (χ2n) is 10.2. The quantitative estimate of drug-likeness (QED) is 0.673. The Balaban J connectivity index is 1.39. The van der Waals surface area contributed by atoms with Gasteiger partial charge in [-0.2, -0.15) is 0 Å². The van der Waals surface area contributed by atoms with Gasteiger partial charge >= 0.3 is 6.09 Å². The van der Waals surface area contributed by atoms with E-state index in [-0.39, 0.29) is 18.0 Å². The van der Waals surface area contributed by atoms with E-state index in [4.69, 9.17) is 10.5 Å². The topological polar surface area (TPSA) is 70.8 Å². The summed E-state index contributed by atoms with van der Waals surface area (Å²) in [5.74, 6) is 0.406. The van der Waals surface area contributed by atoms with E-state index in [0.717, 1.165) is 58.2 Å². The number of carbonyl (C=O) groups excluding carboxylic acids is 1. The molecule has 3 N–H and O–H groups in total. The molecular formula is C24H39FN4O2. The molecule has 1 amide bonds. The Bertz CT molecular complexity index is 736. The fraction of sp³-hybridized carbons (Fsp3) is 0.708. The largest absolute Gasteiger partial charge is 0.444 e. The fourth-order valence-electron chi connectivity index (χ4n) is 4.83. The number of nitrogens with zero attached hydrogens (tertiary/aromatic N) is 2. The summed E-state index contributed by atoms with van der Waals surface area (Å²) >= 11 is 0. The van der Waals surface area contributed by atoms with Crippen molar-refractivity contribution in [1.82, 2.24) is 10.2 Å². The van der Waals surface area contributed by atoms with E-state index in [1.54, 1.807) is 12.1 Å². The molecule has 1 aliphatic carbocycles. The lowest BCUT2D eigenvalue weighted by molar-refractivity contribution is 0.0478. The van der Waals surface area contributed by atoms with Crippen LogP contribution < -0.4 is 16.0 Å². The minimum atomic E-state index is -0.462. The number of anilines is 2. The fourth-order valence-corrected chi connectivity index (χ4v) is 4.83. The zero-order chi connectivity index (χ0) is 22.6. The standard InChI is InChI=1S/C24H39FN4O2/c1-24(2,3)31-23(30)27-19-6-8-20(9-7-19)28(4)16-17-11-13-29(14-12-17)22-10-5-18(26)15-21(22)25/h5,10,15,17,19-20H,6-9,11-14,16,26H2,1-4H3,(H,27,30). The van der Waals surface area contributed by atoms with E-state index in [0.29, 0.717) is 23.3 Å². The normalized spacial score (nSPS) is 23.1. The van der Waals surface area contributed by atoms with Crippen LogP contribution in [0.5, 0.6) is 0 Å². The summed E-state index contributed by atoms with van der Waals surface area (Å²) in [7, 11) is 2.22. The van der Waals surface area contributed by atoms with Crippen molar-refractivity contribution < 1.29 is 13.9 Å². The number of nitrogens with one attached hydrogen (secondary N) is 1. The van der Waals surface area contributed by atoms with E-state index < -0.39 is 5.60 Å². The van der Waals surface area contributed by atoms with Crippen molar-refractivity contribution in [3.05, 3.63) is 24.0 Å². The first-order chi connectivity index (χ1) is 14.6. The van der Waals surface area contributed by atoms with Gasteiger partial charge in [0, 0.05) is 37.4 Å². The maximum atomic E-state index is 14.2. The summed E-state index contributed by atoms with van der Waals surface area (Å²) in [4.78, 5) is 16.6. The van der Waals surface area contributed by atoms with Crippen LogP contribution in [0.2, 0.25) is 0 Å². The first kappa shape index (κ1) is 23.6. The van der Waals surface area contributed by atoms with Crippen LogP contribution >= 0.6 is 0 Å². The van der Waals surface area contributed by atoms with Crippen molar-refractivity contribution in [3.8, 4) is 0 Å². The monoisotopic (exact) mass is 434 g/mol. The molecule has 31 heavy (non-hydrogen) atoms. The van der Waals surface area contributed by atoms with Crippen LogP contribution in [0, 0.1) is 11.7 Å². The number of piperidine rings is 1. The second kappa shape index (κ2) is 10.1. The minimum Gasteiger partial charge on any atom is -0.444 e. The SMILES string of the molecule is CN(CC1CCN(c2ccc(N)cc2F)CC1)C1CCC(NC(=O)OC(C)(C)C)CC1. The van der Waals surface area contributed by atoms with Crippen molar-refractivity contribution in [1.29, 1.82) is 0 Å². The summed E-state index contributed by atoms with van der Waals surface area (Å²) in [5.41, 5.74) is 6.34. The van der Waals surface area contributed by atoms with Crippen LogP contribution in [0.3, 0.4) is 0 Å². The Morgan fingerprint density at radius 2 is 1.84 bits per heavy atom. The maximum Gasteiger partial charge on any atom is 0.407 e. The lowest BCUT2D eigenvalue weighted by atomic mass is 9.89. The predicted molar refractivity (Wildman–Crippen MR) is 124 cm³/mol. The minimum absolute atomic E-state index is 0.206. The number of ether oxygens (including phenoxy) is 1. The van der Waals surface area contributed by atoms with Crippen molar-refractivity contribution in [3.63, 3.8) is 0 Å². The summed E-state index contributed by atoms with van der Waals surface area (Å²) in [6, 6.07) is 5.73. The molecule has 7 heteroatoms. The van der Waals surface area contributed by atoms with E-state index in [9.17, 15) is 9.18 Å². The van der Waals surface area contributed by atoms with Gasteiger partial charge in [-0.3, -0.25) is 0 Å². The van der Waals surface area contributed by atoms with Crippen LogP contribution in [0.25, 0.3) is 0 Å². The number of nitrogens with two attached hydrogens (primary N) is 1. The first-order valence-electron chi connectivity index (χ1n) is 11.6. The highest BCUT2D eigenvalue weighted by Gasteiger charge is 2.29. The van der Waals surface area contributed by atoms with Gasteiger partial charge in [0.2, 0.25) is 0 Å². The van der Waals surface area contributed by atoms with Crippen LogP contribution in [0.4, 0.5) is 20.6 Å². The van der Waals surface area contributed by atoms with Crippen molar-refractivity contribution in [2.75, 3.05) is 37.3 Å². The molecule has 1 aromatic rings. The summed E-state index contributed by atoms with van der Waals surface area (Å²) in [5, 5.41) is 3.02. The highest BCUT2D eigenvalue weighted by atomic mass is 19.1. The van der Waals surface area contributed by atoms with Gasteiger partial charge in [0.25, 0.3) is 0 Å². The number of halogens is 1. The molecule has 0 bridgehead atoms. The number of carbonyl (C=O) groups is 1. The summed E-state index contributed by atoms with van der Waals surface area (Å²) < 4.78 is 19.6. The van der Waals surface area contributed by atoms with Crippen molar-refractivity contribution in [2.24, 2.45) is 5.92 Å². The average Bonchev–Trinajstić information content (AvgIpc) is 2.68. The third-order valence-corrected chi connectivity index (χ3v) is 6.51. The molecule has 1 aliphatic heterocycles. The molecule has 1 saturated heterocycles. The lowest BCUT2D eigenvalue weighted by Gasteiger charge is -2.39. The highest BCUT2D eigenvalue weighted by Crippen LogP contribution is 2.29. The van der Waals surface area contributed by atoms with Gasteiger partial charge in [-0.05, 0) is 90.5 Å². The van der Waals surface area contributed by atoms with Gasteiger partial charge in [-0.1, -0.05) is 0 Å². The molecule has 2 fully saturated rings. The Labute approximate surface area is 186 Å². The molecule has 1 aromatic carbocycles. The van der Waals surface area contributed by atoms with Crippen LogP contribution in [-0.2, 0) is 4.74 Å². The molecule has 0 atom stereocenters. The zero-order valence-electron chi connectivity index (χ0n) is 19.5. The number of rotatable bonds is 5. The molecular weight excluding hydrogens is 395 g/mol. The maximum absolute atomic E-state index is 14.2. The van der Waals surface area contributed by atoms with Gasteiger partial charge < -0.3 is 25.6 Å². The lowest BCUT2D eigenvalue weighted by Crippen LogP contribution is -2.46. The van der Waals surface area contributed by atoms with Crippen LogP contribution in [0.1, 0.15) is 59.3 Å². The van der Waals surface area contributed by atoms with Gasteiger partial charge in [-0.25, -0.2) is 9.18 Å². The Morgan fingerprint density at radius 3 is 2.42 bits per heavy atom. The first-order valence-corrected chi connectivity index (χ1v) is 11.6. The molecule has 6 nitrogen and oxygen atoms in total. The summed E-state index contributed by atoms with van der Waals surface area (Å²) in [6.45, 7) is 8.49. The number of hydrogen-bond acceptors (Lipinski definition) is 5. The van der Waals surface area contributed by atoms with Gasteiger partial charge in [0.05, 0.1) is 5.69 Å². The number of hydrogen-bond donors (Lipinski definition) is 2. The van der Waals surface area contributed by atoms with Gasteiger partial charge in [0.1, 0.15) is 11.4 Å². The molecule has 1 heterocycles. The third kappa shape index (κ3) is 6.99. The zero-order valence-corrected chi connectivity index (χ0v) is 19.5. The number of nitrogen functional groups attached to an aromatic ring is 1. The molecule has 0 radical (unpaired) electrons. The Kier molecular flexibility index (Phi) is 7.68. The molecule has 174 valence electrons. The van der Waals surface area contributed by atoms with Gasteiger partial charge in [0.15, 0.2) is 0 Å². The van der Waals surface area contributed by atoms with E-state index in [1.807, 2.05) is 20.8 Å². The van der Waals surface area contributed by atoms with Crippen LogP contribution in [-0.4, -0.2) is 55.4 Å².